The summed E-state index contributed by atoms with van der Waals surface area (Å²) < 4.78 is 0. The van der Waals surface area contributed by atoms with Crippen LogP contribution in [0.25, 0.3) is 0 Å². The summed E-state index contributed by atoms with van der Waals surface area (Å²) in [6, 6.07) is 20.6. The highest BCUT2D eigenvalue weighted by Gasteiger charge is 2.42. The predicted octanol–water partition coefficient (Wildman–Crippen LogP) is 3.66. The lowest BCUT2D eigenvalue weighted by Gasteiger charge is -2.32. The highest BCUT2D eigenvalue weighted by molar-refractivity contribution is 5.92. The van der Waals surface area contributed by atoms with Crippen molar-refractivity contribution < 1.29 is 4.79 Å². The molecule has 0 saturated heterocycles. The van der Waals surface area contributed by atoms with Crippen LogP contribution in [-0.2, 0) is 10.2 Å². The van der Waals surface area contributed by atoms with Gasteiger partial charge in [0.1, 0.15) is 0 Å². The van der Waals surface area contributed by atoms with Crippen molar-refractivity contribution in [1.82, 2.24) is 5.32 Å². The van der Waals surface area contributed by atoms with Crippen LogP contribution in [0.3, 0.4) is 0 Å². The Bertz CT molecular complexity index is 562. The van der Waals surface area contributed by atoms with Crippen molar-refractivity contribution >= 4 is 5.91 Å². The van der Waals surface area contributed by atoms with Crippen molar-refractivity contribution in [3.05, 3.63) is 71.8 Å². The van der Waals surface area contributed by atoms with Gasteiger partial charge in [-0.25, -0.2) is 0 Å². The van der Waals surface area contributed by atoms with Crippen molar-refractivity contribution in [3.63, 3.8) is 0 Å². The van der Waals surface area contributed by atoms with Gasteiger partial charge >= 0.3 is 0 Å². The Hall–Kier alpha value is -2.09. The minimum atomic E-state index is -0.592. The van der Waals surface area contributed by atoms with Crippen molar-refractivity contribution in [2.45, 2.75) is 37.6 Å². The lowest BCUT2D eigenvalue weighted by molar-refractivity contribution is -0.125. The molecule has 1 aliphatic carbocycles. The molecule has 3 rings (SSSR count). The molecule has 1 aliphatic rings. The first kappa shape index (κ1) is 13.9. The summed E-state index contributed by atoms with van der Waals surface area (Å²) in [4.78, 5) is 13.0. The van der Waals surface area contributed by atoms with E-state index >= 15 is 0 Å². The fourth-order valence-electron chi connectivity index (χ4n) is 2.98. The first-order chi connectivity index (χ1) is 10.3. The minimum absolute atomic E-state index is 0.130. The summed E-state index contributed by atoms with van der Waals surface area (Å²) >= 11 is 0. The molecule has 0 spiro atoms. The SMILES string of the molecule is CCC(C(=O)NC1CC1)(c1ccccc1)c1ccccc1. The molecule has 0 aliphatic heterocycles. The largest absolute Gasteiger partial charge is 0.352 e. The third kappa shape index (κ3) is 2.58. The average molecular weight is 279 g/mol. The number of benzene rings is 2. The molecule has 0 bridgehead atoms. The van der Waals surface area contributed by atoms with E-state index in [4.69, 9.17) is 0 Å². The smallest absolute Gasteiger partial charge is 0.235 e. The topological polar surface area (TPSA) is 29.1 Å². The van der Waals surface area contributed by atoms with Crippen LogP contribution in [0.5, 0.6) is 0 Å². The summed E-state index contributed by atoms with van der Waals surface area (Å²) in [5.41, 5.74) is 1.54. The Morgan fingerprint density at radius 1 is 1.00 bits per heavy atom. The summed E-state index contributed by atoms with van der Waals surface area (Å²) in [6.07, 6.45) is 2.96. The molecule has 0 aromatic heterocycles. The fraction of sp³-hybridized carbons (Fsp3) is 0.316. The van der Waals surface area contributed by atoms with Gasteiger partial charge in [0, 0.05) is 6.04 Å². The van der Waals surface area contributed by atoms with E-state index in [2.05, 4.69) is 36.5 Å². The molecule has 2 aromatic carbocycles. The molecule has 2 aromatic rings. The van der Waals surface area contributed by atoms with Crippen LogP contribution in [0.1, 0.15) is 37.3 Å². The van der Waals surface area contributed by atoms with Gasteiger partial charge in [-0.15, -0.1) is 0 Å². The molecule has 0 radical (unpaired) electrons. The zero-order chi connectivity index (χ0) is 14.7. The number of carbonyl (C=O) groups is 1. The Morgan fingerprint density at radius 3 is 1.86 bits per heavy atom. The normalized spacial score (nSPS) is 14.7. The Balaban J connectivity index is 2.10. The van der Waals surface area contributed by atoms with Gasteiger partial charge in [-0.3, -0.25) is 4.79 Å². The van der Waals surface area contributed by atoms with Crippen molar-refractivity contribution in [2.24, 2.45) is 0 Å². The van der Waals surface area contributed by atoms with Crippen molar-refractivity contribution in [1.29, 1.82) is 0 Å². The maximum absolute atomic E-state index is 13.0. The summed E-state index contributed by atoms with van der Waals surface area (Å²) in [6.45, 7) is 2.09. The lowest BCUT2D eigenvalue weighted by Crippen LogP contribution is -2.45. The summed E-state index contributed by atoms with van der Waals surface area (Å²) in [5.74, 6) is 0.130. The second kappa shape index (κ2) is 5.72. The molecule has 108 valence electrons. The van der Waals surface area contributed by atoms with E-state index < -0.39 is 5.41 Å². The van der Waals surface area contributed by atoms with Crippen LogP contribution < -0.4 is 5.32 Å². The van der Waals surface area contributed by atoms with E-state index in [0.717, 1.165) is 30.4 Å². The van der Waals surface area contributed by atoms with Gasteiger partial charge in [0.15, 0.2) is 0 Å². The molecule has 21 heavy (non-hydrogen) atoms. The zero-order valence-electron chi connectivity index (χ0n) is 12.4. The lowest BCUT2D eigenvalue weighted by atomic mass is 9.71. The quantitative estimate of drug-likeness (QED) is 0.889. The van der Waals surface area contributed by atoms with Crippen LogP contribution in [0.15, 0.2) is 60.7 Å². The van der Waals surface area contributed by atoms with E-state index in [0.29, 0.717) is 6.04 Å². The van der Waals surface area contributed by atoms with Crippen LogP contribution in [0.2, 0.25) is 0 Å². The fourth-order valence-corrected chi connectivity index (χ4v) is 2.98. The van der Waals surface area contributed by atoms with Gasteiger partial charge < -0.3 is 5.32 Å². The third-order valence-electron chi connectivity index (χ3n) is 4.36. The maximum Gasteiger partial charge on any atom is 0.235 e. The molecule has 0 atom stereocenters. The molecule has 1 N–H and O–H groups in total. The molecular weight excluding hydrogens is 258 g/mol. The predicted molar refractivity (Wildman–Crippen MR) is 85.1 cm³/mol. The molecule has 2 nitrogen and oxygen atoms in total. The first-order valence-corrected chi connectivity index (χ1v) is 7.69. The molecule has 1 saturated carbocycles. The molecule has 0 unspecified atom stereocenters. The number of rotatable bonds is 5. The van der Waals surface area contributed by atoms with Crippen LogP contribution >= 0.6 is 0 Å². The van der Waals surface area contributed by atoms with Crippen LogP contribution in [-0.4, -0.2) is 11.9 Å². The number of hydrogen-bond acceptors (Lipinski definition) is 1. The highest BCUT2D eigenvalue weighted by atomic mass is 16.2. The minimum Gasteiger partial charge on any atom is -0.352 e. The van der Waals surface area contributed by atoms with Crippen LogP contribution in [0.4, 0.5) is 0 Å². The zero-order valence-corrected chi connectivity index (χ0v) is 12.4. The molecule has 1 fully saturated rings. The van der Waals surface area contributed by atoms with Gasteiger partial charge in [-0.1, -0.05) is 67.6 Å². The second-order valence-corrected chi connectivity index (χ2v) is 5.74. The number of hydrogen-bond donors (Lipinski definition) is 1. The molecular formula is C19H21NO. The van der Waals surface area contributed by atoms with Crippen molar-refractivity contribution in [2.75, 3.05) is 0 Å². The maximum atomic E-state index is 13.0. The first-order valence-electron chi connectivity index (χ1n) is 7.69. The molecule has 2 heteroatoms. The molecule has 1 amide bonds. The van der Waals surface area contributed by atoms with E-state index in [1.807, 2.05) is 36.4 Å². The Kier molecular flexibility index (Phi) is 3.78. The summed E-state index contributed by atoms with van der Waals surface area (Å²) in [5, 5.41) is 3.20. The highest BCUT2D eigenvalue weighted by Crippen LogP contribution is 2.37. The van der Waals surface area contributed by atoms with E-state index in [-0.39, 0.29) is 5.91 Å². The van der Waals surface area contributed by atoms with Gasteiger partial charge in [0.05, 0.1) is 5.41 Å². The van der Waals surface area contributed by atoms with Gasteiger partial charge in [0.25, 0.3) is 0 Å². The van der Waals surface area contributed by atoms with Crippen molar-refractivity contribution in [3.8, 4) is 0 Å². The van der Waals surface area contributed by atoms with Gasteiger partial charge in [0.2, 0.25) is 5.91 Å². The van der Waals surface area contributed by atoms with Crippen LogP contribution in [0, 0.1) is 0 Å². The number of carbonyl (C=O) groups excluding carboxylic acids is 1. The Morgan fingerprint density at radius 2 is 1.48 bits per heavy atom. The average Bonchev–Trinajstić information content (AvgIpc) is 3.35. The molecule has 0 heterocycles. The van der Waals surface area contributed by atoms with E-state index in [1.165, 1.54) is 0 Å². The number of amides is 1. The monoisotopic (exact) mass is 279 g/mol. The second-order valence-electron chi connectivity index (χ2n) is 5.74. The van der Waals surface area contributed by atoms with E-state index in [9.17, 15) is 4.79 Å². The standard InChI is InChI=1S/C19H21NO/c1-2-19(15-9-5-3-6-10-15,16-11-7-4-8-12-16)18(21)20-17-13-14-17/h3-12,17H,2,13-14H2,1H3,(H,20,21). The third-order valence-corrected chi connectivity index (χ3v) is 4.36. The van der Waals surface area contributed by atoms with E-state index in [1.54, 1.807) is 0 Å². The van der Waals surface area contributed by atoms with Gasteiger partial charge in [-0.05, 0) is 30.4 Å². The summed E-state index contributed by atoms with van der Waals surface area (Å²) in [7, 11) is 0. The Labute approximate surface area is 126 Å². The van der Waals surface area contributed by atoms with Gasteiger partial charge in [-0.2, -0.15) is 0 Å². The number of nitrogens with one attached hydrogen (secondary N) is 1.